The van der Waals surface area contributed by atoms with Crippen LogP contribution in [0.5, 0.6) is 0 Å². The van der Waals surface area contributed by atoms with Crippen molar-refractivity contribution in [1.82, 2.24) is 4.90 Å². The standard InChI is InChI=1S/C11H20N2O2/c1-9(12)5-6-13(4)7-10-8-14-11(2,3)15-10/h5-6,10H,1,7-8,12H2,2-4H3/b6-5-/t10-/m0/s1. The minimum atomic E-state index is -0.452. The van der Waals surface area contributed by atoms with Crippen LogP contribution < -0.4 is 5.73 Å². The van der Waals surface area contributed by atoms with Crippen LogP contribution in [0, 0.1) is 0 Å². The van der Waals surface area contributed by atoms with Crippen molar-refractivity contribution >= 4 is 0 Å². The highest BCUT2D eigenvalue weighted by Crippen LogP contribution is 2.22. The van der Waals surface area contributed by atoms with Gasteiger partial charge in [-0.3, -0.25) is 0 Å². The number of hydrogen-bond donors (Lipinski definition) is 1. The molecule has 86 valence electrons. The van der Waals surface area contributed by atoms with Crippen molar-refractivity contribution in [3.63, 3.8) is 0 Å². The summed E-state index contributed by atoms with van der Waals surface area (Å²) in [5.74, 6) is -0.452. The number of nitrogens with zero attached hydrogens (tertiary/aromatic N) is 1. The van der Waals surface area contributed by atoms with Gasteiger partial charge in [0.15, 0.2) is 5.79 Å². The lowest BCUT2D eigenvalue weighted by atomic mass is 10.3. The first-order valence-electron chi connectivity index (χ1n) is 5.03. The lowest BCUT2D eigenvalue weighted by molar-refractivity contribution is -0.139. The maximum Gasteiger partial charge on any atom is 0.163 e. The van der Waals surface area contributed by atoms with E-state index in [4.69, 9.17) is 15.2 Å². The molecule has 15 heavy (non-hydrogen) atoms. The molecule has 2 N–H and O–H groups in total. The molecule has 0 saturated carbocycles. The monoisotopic (exact) mass is 212 g/mol. The van der Waals surface area contributed by atoms with Gasteiger partial charge in [-0.1, -0.05) is 6.58 Å². The second-order valence-corrected chi connectivity index (χ2v) is 4.28. The summed E-state index contributed by atoms with van der Waals surface area (Å²) in [5, 5.41) is 0. The van der Waals surface area contributed by atoms with Crippen LogP contribution in [0.1, 0.15) is 13.8 Å². The average Bonchev–Trinajstić information content (AvgIpc) is 2.42. The second-order valence-electron chi connectivity index (χ2n) is 4.28. The van der Waals surface area contributed by atoms with Gasteiger partial charge in [0.05, 0.1) is 6.61 Å². The van der Waals surface area contributed by atoms with Crippen LogP contribution in [0.25, 0.3) is 0 Å². The molecule has 0 spiro atoms. The van der Waals surface area contributed by atoms with Gasteiger partial charge in [0, 0.05) is 25.5 Å². The first-order valence-corrected chi connectivity index (χ1v) is 5.03. The molecule has 1 aliphatic heterocycles. The van der Waals surface area contributed by atoms with Crippen LogP contribution in [-0.4, -0.2) is 37.0 Å². The third-order valence-electron chi connectivity index (χ3n) is 2.10. The Hall–Kier alpha value is -1.00. The largest absolute Gasteiger partial charge is 0.399 e. The number of ether oxygens (including phenoxy) is 2. The Kier molecular flexibility index (Phi) is 3.77. The molecular weight excluding hydrogens is 192 g/mol. The molecule has 1 aliphatic rings. The number of likely N-dealkylation sites (N-methyl/N-ethyl adjacent to an activating group) is 1. The van der Waals surface area contributed by atoms with E-state index in [9.17, 15) is 0 Å². The zero-order valence-electron chi connectivity index (χ0n) is 9.69. The van der Waals surface area contributed by atoms with E-state index in [1.807, 2.05) is 32.0 Å². The second kappa shape index (κ2) is 4.68. The summed E-state index contributed by atoms with van der Waals surface area (Å²) in [7, 11) is 1.97. The van der Waals surface area contributed by atoms with Gasteiger partial charge in [0.2, 0.25) is 0 Å². The van der Waals surface area contributed by atoms with Crippen molar-refractivity contribution < 1.29 is 9.47 Å². The van der Waals surface area contributed by atoms with E-state index in [-0.39, 0.29) is 6.10 Å². The minimum absolute atomic E-state index is 0.112. The maximum atomic E-state index is 5.67. The summed E-state index contributed by atoms with van der Waals surface area (Å²) in [6.07, 6.45) is 3.76. The SMILES string of the molecule is C=C(N)/C=C\N(C)C[C@H]1COC(C)(C)O1. The fourth-order valence-electron chi connectivity index (χ4n) is 1.46. The summed E-state index contributed by atoms with van der Waals surface area (Å²) < 4.78 is 11.1. The topological polar surface area (TPSA) is 47.7 Å². The van der Waals surface area contributed by atoms with E-state index in [1.54, 1.807) is 6.08 Å². The molecular formula is C11H20N2O2. The smallest absolute Gasteiger partial charge is 0.163 e. The highest BCUT2D eigenvalue weighted by Gasteiger charge is 2.32. The zero-order valence-corrected chi connectivity index (χ0v) is 9.69. The van der Waals surface area contributed by atoms with Crippen molar-refractivity contribution in [2.75, 3.05) is 20.2 Å². The fourth-order valence-corrected chi connectivity index (χ4v) is 1.46. The number of nitrogens with two attached hydrogens (primary N) is 1. The van der Waals surface area contributed by atoms with E-state index < -0.39 is 5.79 Å². The summed E-state index contributed by atoms with van der Waals surface area (Å²) in [6, 6.07) is 0. The molecule has 0 radical (unpaired) electrons. The lowest BCUT2D eigenvalue weighted by Crippen LogP contribution is -2.29. The highest BCUT2D eigenvalue weighted by atomic mass is 16.7. The zero-order chi connectivity index (χ0) is 11.5. The van der Waals surface area contributed by atoms with E-state index in [0.29, 0.717) is 12.3 Å². The molecule has 4 nitrogen and oxygen atoms in total. The number of rotatable bonds is 4. The Labute approximate surface area is 91.3 Å². The molecule has 0 unspecified atom stereocenters. The van der Waals surface area contributed by atoms with Crippen molar-refractivity contribution in [3.05, 3.63) is 24.6 Å². The average molecular weight is 212 g/mol. The molecule has 0 aromatic carbocycles. The predicted octanol–water partition coefficient (Wildman–Crippen LogP) is 1.06. The van der Waals surface area contributed by atoms with Crippen molar-refractivity contribution in [2.45, 2.75) is 25.7 Å². The Morgan fingerprint density at radius 2 is 2.33 bits per heavy atom. The predicted molar refractivity (Wildman–Crippen MR) is 60.0 cm³/mol. The van der Waals surface area contributed by atoms with Gasteiger partial charge < -0.3 is 20.1 Å². The molecule has 0 aliphatic carbocycles. The molecule has 1 atom stereocenters. The molecule has 0 amide bonds. The van der Waals surface area contributed by atoms with Crippen LogP contribution >= 0.6 is 0 Å². The highest BCUT2D eigenvalue weighted by molar-refractivity contribution is 5.08. The normalized spacial score (nSPS) is 24.6. The van der Waals surface area contributed by atoms with Gasteiger partial charge in [-0.15, -0.1) is 0 Å². The third kappa shape index (κ3) is 4.36. The van der Waals surface area contributed by atoms with Gasteiger partial charge >= 0.3 is 0 Å². The van der Waals surface area contributed by atoms with E-state index in [1.165, 1.54) is 0 Å². The Morgan fingerprint density at radius 3 is 2.80 bits per heavy atom. The quantitative estimate of drug-likeness (QED) is 0.708. The molecule has 1 saturated heterocycles. The summed E-state index contributed by atoms with van der Waals surface area (Å²) >= 11 is 0. The fraction of sp³-hybridized carbons (Fsp3) is 0.636. The van der Waals surface area contributed by atoms with E-state index in [0.717, 1.165) is 6.54 Å². The molecule has 0 aromatic rings. The lowest BCUT2D eigenvalue weighted by Gasteiger charge is -2.20. The minimum Gasteiger partial charge on any atom is -0.399 e. The number of allylic oxidation sites excluding steroid dienone is 1. The van der Waals surface area contributed by atoms with E-state index >= 15 is 0 Å². The summed E-state index contributed by atoms with van der Waals surface area (Å²) in [5.41, 5.74) is 5.98. The molecule has 0 bridgehead atoms. The third-order valence-corrected chi connectivity index (χ3v) is 2.10. The van der Waals surface area contributed by atoms with Crippen LogP contribution in [0.3, 0.4) is 0 Å². The van der Waals surface area contributed by atoms with Gasteiger partial charge in [-0.2, -0.15) is 0 Å². The first-order chi connectivity index (χ1) is 6.89. The van der Waals surface area contributed by atoms with Crippen LogP contribution in [0.15, 0.2) is 24.6 Å². The Morgan fingerprint density at radius 1 is 1.67 bits per heavy atom. The van der Waals surface area contributed by atoms with Gasteiger partial charge in [-0.05, 0) is 19.9 Å². The molecule has 0 aromatic heterocycles. The first kappa shape index (κ1) is 12.1. The van der Waals surface area contributed by atoms with E-state index in [2.05, 4.69) is 6.58 Å². The maximum absolute atomic E-state index is 5.67. The van der Waals surface area contributed by atoms with Crippen LogP contribution in [-0.2, 0) is 9.47 Å². The molecule has 1 rings (SSSR count). The number of hydrogen-bond acceptors (Lipinski definition) is 4. The van der Waals surface area contributed by atoms with Crippen molar-refractivity contribution in [3.8, 4) is 0 Å². The molecule has 1 fully saturated rings. The summed E-state index contributed by atoms with van der Waals surface area (Å²) in [4.78, 5) is 2.01. The van der Waals surface area contributed by atoms with Gasteiger partial charge in [0.25, 0.3) is 0 Å². The van der Waals surface area contributed by atoms with Gasteiger partial charge in [0.1, 0.15) is 6.10 Å². The molecule has 4 heteroatoms. The van der Waals surface area contributed by atoms with Crippen LogP contribution in [0.2, 0.25) is 0 Å². The van der Waals surface area contributed by atoms with Gasteiger partial charge in [-0.25, -0.2) is 0 Å². The van der Waals surface area contributed by atoms with Crippen LogP contribution in [0.4, 0.5) is 0 Å². The molecule has 1 heterocycles. The Balaban J connectivity index is 2.33. The van der Waals surface area contributed by atoms with Crippen molar-refractivity contribution in [1.29, 1.82) is 0 Å². The summed E-state index contributed by atoms with van der Waals surface area (Å²) in [6.45, 7) is 8.85. The van der Waals surface area contributed by atoms with Crippen molar-refractivity contribution in [2.24, 2.45) is 5.73 Å². The Bertz CT molecular complexity index is 261.